The van der Waals surface area contributed by atoms with Crippen LogP contribution in [-0.4, -0.2) is 36.3 Å². The summed E-state index contributed by atoms with van der Waals surface area (Å²) < 4.78 is 17.1. The number of halogens is 2. The Balaban J connectivity index is 1.49. The van der Waals surface area contributed by atoms with Crippen molar-refractivity contribution in [2.45, 2.75) is 6.61 Å². The van der Waals surface area contributed by atoms with Gasteiger partial charge in [-0.05, 0) is 53.7 Å². The van der Waals surface area contributed by atoms with Crippen molar-refractivity contribution in [1.29, 1.82) is 0 Å². The molecule has 1 heterocycles. The number of amides is 2. The van der Waals surface area contributed by atoms with Gasteiger partial charge in [-0.1, -0.05) is 59.6 Å². The zero-order valence-electron chi connectivity index (χ0n) is 18.7. The maximum atomic E-state index is 13.0. The van der Waals surface area contributed by atoms with E-state index in [1.165, 1.54) is 7.11 Å². The van der Waals surface area contributed by atoms with Gasteiger partial charge < -0.3 is 14.2 Å². The Morgan fingerprint density at radius 2 is 1.71 bits per heavy atom. The van der Waals surface area contributed by atoms with Crippen LogP contribution in [-0.2, 0) is 11.4 Å². The third-order valence-electron chi connectivity index (χ3n) is 5.07. The summed E-state index contributed by atoms with van der Waals surface area (Å²) in [6, 6.07) is 19.7. The largest absolute Gasteiger partial charge is 0.493 e. The van der Waals surface area contributed by atoms with Gasteiger partial charge in [0.1, 0.15) is 19.0 Å². The van der Waals surface area contributed by atoms with E-state index in [1.54, 1.807) is 54.6 Å². The van der Waals surface area contributed by atoms with Gasteiger partial charge in [0.05, 0.1) is 23.6 Å². The van der Waals surface area contributed by atoms with Gasteiger partial charge in [0, 0.05) is 10.6 Å². The second-order valence-electron chi connectivity index (χ2n) is 7.41. The number of hydrogen-bond acceptors (Lipinski definition) is 6. The van der Waals surface area contributed by atoms with E-state index in [9.17, 15) is 9.59 Å². The van der Waals surface area contributed by atoms with Crippen LogP contribution in [0.3, 0.4) is 0 Å². The molecule has 1 fully saturated rings. The first-order chi connectivity index (χ1) is 17.0. The number of hydrogen-bond donors (Lipinski definition) is 0. The first-order valence-electron chi connectivity index (χ1n) is 10.6. The zero-order valence-corrected chi connectivity index (χ0v) is 21.0. The summed E-state index contributed by atoms with van der Waals surface area (Å²) in [6.07, 6.45) is 1.63. The molecule has 0 N–H and O–H groups in total. The number of imide groups is 1. The fourth-order valence-corrected chi connectivity index (χ4v) is 4.65. The number of ether oxygens (including phenoxy) is 3. The van der Waals surface area contributed by atoms with Crippen molar-refractivity contribution in [2.24, 2.45) is 0 Å². The summed E-state index contributed by atoms with van der Waals surface area (Å²) in [6.45, 7) is 0.480. The van der Waals surface area contributed by atoms with Crippen LogP contribution in [0.4, 0.5) is 4.79 Å². The molecular weight excluding hydrogens is 509 g/mol. The Labute approximate surface area is 217 Å². The molecule has 0 aromatic heterocycles. The predicted molar refractivity (Wildman–Crippen MR) is 138 cm³/mol. The lowest BCUT2D eigenvalue weighted by Gasteiger charge is -2.14. The van der Waals surface area contributed by atoms with Crippen molar-refractivity contribution in [2.75, 3.05) is 20.3 Å². The van der Waals surface area contributed by atoms with Crippen LogP contribution in [0.15, 0.2) is 71.6 Å². The topological polar surface area (TPSA) is 65.1 Å². The zero-order chi connectivity index (χ0) is 24.8. The third-order valence-corrected chi connectivity index (χ3v) is 6.53. The Morgan fingerprint density at radius 3 is 2.49 bits per heavy atom. The third kappa shape index (κ3) is 6.11. The molecule has 1 aliphatic heterocycles. The van der Waals surface area contributed by atoms with Gasteiger partial charge in [-0.25, -0.2) is 0 Å². The minimum atomic E-state index is -0.397. The van der Waals surface area contributed by atoms with Crippen molar-refractivity contribution >= 4 is 52.2 Å². The van der Waals surface area contributed by atoms with Gasteiger partial charge in [0.25, 0.3) is 11.1 Å². The van der Waals surface area contributed by atoms with E-state index in [0.29, 0.717) is 32.9 Å². The lowest BCUT2D eigenvalue weighted by Crippen LogP contribution is -2.32. The van der Waals surface area contributed by atoms with E-state index < -0.39 is 5.91 Å². The van der Waals surface area contributed by atoms with Crippen molar-refractivity contribution in [3.8, 4) is 17.2 Å². The molecule has 0 saturated carbocycles. The minimum Gasteiger partial charge on any atom is -0.493 e. The number of carbonyl (C=O) groups is 2. The van der Waals surface area contributed by atoms with E-state index in [1.807, 2.05) is 18.2 Å². The summed E-state index contributed by atoms with van der Waals surface area (Å²) >= 11 is 13.0. The van der Waals surface area contributed by atoms with Gasteiger partial charge in [0.15, 0.2) is 11.5 Å². The van der Waals surface area contributed by atoms with Crippen molar-refractivity contribution in [1.82, 2.24) is 4.90 Å². The smallest absolute Gasteiger partial charge is 0.293 e. The molecule has 0 atom stereocenters. The molecule has 4 rings (SSSR count). The molecule has 180 valence electrons. The molecule has 3 aromatic carbocycles. The van der Waals surface area contributed by atoms with Gasteiger partial charge in [-0.15, -0.1) is 0 Å². The molecule has 0 aliphatic carbocycles. The van der Waals surface area contributed by atoms with Crippen LogP contribution in [0, 0.1) is 0 Å². The summed E-state index contributed by atoms with van der Waals surface area (Å²) in [5.41, 5.74) is 1.50. The highest BCUT2D eigenvalue weighted by Gasteiger charge is 2.35. The molecule has 0 radical (unpaired) electrons. The maximum Gasteiger partial charge on any atom is 0.293 e. The molecule has 1 aliphatic rings. The molecule has 3 aromatic rings. The van der Waals surface area contributed by atoms with E-state index in [4.69, 9.17) is 37.4 Å². The molecular formula is C26H21Cl2NO5S. The molecule has 35 heavy (non-hydrogen) atoms. The SMILES string of the molecule is COc1cccc(/C=C2\SC(=O)N(CCOc3ccccc3Cl)C2=O)c1OCc1cccc(Cl)c1. The van der Waals surface area contributed by atoms with Crippen LogP contribution in [0.5, 0.6) is 17.2 Å². The van der Waals surface area contributed by atoms with Crippen LogP contribution >= 0.6 is 35.0 Å². The summed E-state index contributed by atoms with van der Waals surface area (Å²) in [5.74, 6) is 1.07. The van der Waals surface area contributed by atoms with Crippen LogP contribution in [0.25, 0.3) is 6.08 Å². The Kier molecular flexibility index (Phi) is 8.23. The second kappa shape index (κ2) is 11.5. The molecule has 1 saturated heterocycles. The van der Waals surface area contributed by atoms with Crippen molar-refractivity contribution < 1.29 is 23.8 Å². The number of benzene rings is 3. The second-order valence-corrected chi connectivity index (χ2v) is 9.25. The number of carbonyl (C=O) groups excluding carboxylic acids is 2. The quantitative estimate of drug-likeness (QED) is 0.287. The maximum absolute atomic E-state index is 13.0. The summed E-state index contributed by atoms with van der Waals surface area (Å²) in [7, 11) is 1.54. The summed E-state index contributed by atoms with van der Waals surface area (Å²) in [5, 5.41) is 0.705. The fourth-order valence-electron chi connectivity index (χ4n) is 3.39. The van der Waals surface area contributed by atoms with Crippen LogP contribution < -0.4 is 14.2 Å². The molecule has 2 amide bonds. The van der Waals surface area contributed by atoms with Gasteiger partial charge >= 0.3 is 0 Å². The Hall–Kier alpha value is -3.13. The number of thioether (sulfide) groups is 1. The van der Waals surface area contributed by atoms with Crippen molar-refractivity contribution in [3.05, 3.63) is 92.8 Å². The lowest BCUT2D eigenvalue weighted by atomic mass is 10.1. The average molecular weight is 530 g/mol. The fraction of sp³-hybridized carbons (Fsp3) is 0.154. The van der Waals surface area contributed by atoms with Crippen LogP contribution in [0.1, 0.15) is 11.1 Å². The highest BCUT2D eigenvalue weighted by atomic mass is 35.5. The normalized spacial score (nSPS) is 14.5. The molecule has 0 spiro atoms. The van der Waals surface area contributed by atoms with Gasteiger partial charge in [-0.2, -0.15) is 0 Å². The first kappa shape index (κ1) is 25.0. The van der Waals surface area contributed by atoms with Crippen LogP contribution in [0.2, 0.25) is 10.0 Å². The minimum absolute atomic E-state index is 0.101. The predicted octanol–water partition coefficient (Wildman–Crippen LogP) is 6.70. The first-order valence-corrected chi connectivity index (χ1v) is 12.2. The highest BCUT2D eigenvalue weighted by molar-refractivity contribution is 8.18. The monoisotopic (exact) mass is 529 g/mol. The standard InChI is InChI=1S/C26H21Cl2NO5S/c1-32-22-11-5-7-18(24(22)34-16-17-6-4-8-19(27)14-17)15-23-25(30)29(26(31)35-23)12-13-33-21-10-3-2-9-20(21)28/h2-11,14-15H,12-13,16H2,1H3/b23-15-. The van der Waals surface area contributed by atoms with Gasteiger partial charge in [0.2, 0.25) is 0 Å². The number of methoxy groups -OCH3 is 1. The Morgan fingerprint density at radius 1 is 0.943 bits per heavy atom. The van der Waals surface area contributed by atoms with E-state index in [0.717, 1.165) is 22.2 Å². The summed E-state index contributed by atoms with van der Waals surface area (Å²) in [4.78, 5) is 26.9. The molecule has 6 nitrogen and oxygen atoms in total. The van der Waals surface area contributed by atoms with E-state index >= 15 is 0 Å². The number of para-hydroxylation sites is 2. The van der Waals surface area contributed by atoms with Gasteiger partial charge in [-0.3, -0.25) is 14.5 Å². The average Bonchev–Trinajstić information content (AvgIpc) is 3.11. The molecule has 9 heteroatoms. The Bertz CT molecular complexity index is 1280. The highest BCUT2D eigenvalue weighted by Crippen LogP contribution is 2.38. The number of rotatable bonds is 9. The van der Waals surface area contributed by atoms with Crippen molar-refractivity contribution in [3.63, 3.8) is 0 Å². The lowest BCUT2D eigenvalue weighted by molar-refractivity contribution is -0.123. The molecule has 0 bridgehead atoms. The van der Waals surface area contributed by atoms with E-state index in [2.05, 4.69) is 0 Å². The number of nitrogens with zero attached hydrogens (tertiary/aromatic N) is 1. The van der Waals surface area contributed by atoms with E-state index in [-0.39, 0.29) is 29.9 Å². The molecule has 0 unspecified atom stereocenters.